The molecule has 0 saturated carbocycles. The third-order valence-corrected chi connectivity index (χ3v) is 16.3. The summed E-state index contributed by atoms with van der Waals surface area (Å²) in [4.78, 5) is 0.332. The first-order chi connectivity index (χ1) is 17.8. The fourth-order valence-electron chi connectivity index (χ4n) is 5.34. The van der Waals surface area contributed by atoms with Gasteiger partial charge >= 0.3 is 0 Å². The van der Waals surface area contributed by atoms with Crippen molar-refractivity contribution in [2.45, 2.75) is 80.6 Å². The van der Waals surface area contributed by atoms with E-state index in [1.165, 1.54) is 10.4 Å². The SMILES string of the molecule is CC(C)(C)[Si](OCC[C@H](O)C[C@@H](C[Si](C)(C)C)S(=O)(=O)c1ccccc1)(c1ccccc1)c1ccccc1. The van der Waals surface area contributed by atoms with Crippen LogP contribution in [0.15, 0.2) is 95.9 Å². The van der Waals surface area contributed by atoms with Gasteiger partial charge in [-0.05, 0) is 46.4 Å². The van der Waals surface area contributed by atoms with Gasteiger partial charge in [0.1, 0.15) is 0 Å². The molecule has 0 bridgehead atoms. The van der Waals surface area contributed by atoms with Gasteiger partial charge in [0.15, 0.2) is 9.84 Å². The first-order valence-corrected chi connectivity index (χ1v) is 20.7. The maximum Gasteiger partial charge on any atom is 0.261 e. The summed E-state index contributed by atoms with van der Waals surface area (Å²) < 4.78 is 34.1. The van der Waals surface area contributed by atoms with Crippen LogP contribution in [0.3, 0.4) is 0 Å². The van der Waals surface area contributed by atoms with Crippen molar-refractivity contribution in [1.82, 2.24) is 0 Å². The predicted molar refractivity (Wildman–Crippen MR) is 164 cm³/mol. The van der Waals surface area contributed by atoms with Crippen molar-refractivity contribution in [2.24, 2.45) is 0 Å². The largest absolute Gasteiger partial charge is 0.407 e. The summed E-state index contributed by atoms with van der Waals surface area (Å²) in [5.41, 5.74) is 0. The highest BCUT2D eigenvalue weighted by Crippen LogP contribution is 2.37. The topological polar surface area (TPSA) is 63.6 Å². The monoisotopic (exact) mass is 568 g/mol. The van der Waals surface area contributed by atoms with Gasteiger partial charge in [-0.1, -0.05) is 119 Å². The number of aliphatic hydroxyl groups is 1. The van der Waals surface area contributed by atoms with Crippen LogP contribution in [0, 0.1) is 0 Å². The number of aliphatic hydroxyl groups excluding tert-OH is 1. The van der Waals surface area contributed by atoms with E-state index < -0.39 is 37.6 Å². The molecule has 3 aromatic carbocycles. The molecule has 0 aliphatic heterocycles. The number of hydrogen-bond donors (Lipinski definition) is 1. The van der Waals surface area contributed by atoms with E-state index in [1.807, 2.05) is 18.2 Å². The van der Waals surface area contributed by atoms with Gasteiger partial charge in [-0.3, -0.25) is 0 Å². The van der Waals surface area contributed by atoms with Gasteiger partial charge < -0.3 is 9.53 Å². The van der Waals surface area contributed by atoms with Crippen LogP contribution >= 0.6 is 0 Å². The lowest BCUT2D eigenvalue weighted by Gasteiger charge is -2.43. The maximum atomic E-state index is 13.6. The lowest BCUT2D eigenvalue weighted by atomic mass is 10.1. The minimum atomic E-state index is -3.55. The molecule has 3 rings (SSSR count). The van der Waals surface area contributed by atoms with E-state index in [-0.39, 0.29) is 11.5 Å². The lowest BCUT2D eigenvalue weighted by Crippen LogP contribution is -2.66. The Kier molecular flexibility index (Phi) is 9.98. The van der Waals surface area contributed by atoms with Gasteiger partial charge in [0.05, 0.1) is 16.2 Å². The summed E-state index contributed by atoms with van der Waals surface area (Å²) in [5, 5.41) is 12.8. The molecule has 0 spiro atoms. The molecule has 0 fully saturated rings. The van der Waals surface area contributed by atoms with Gasteiger partial charge in [-0.15, -0.1) is 0 Å². The summed E-state index contributed by atoms with van der Waals surface area (Å²) >= 11 is 0. The lowest BCUT2D eigenvalue weighted by molar-refractivity contribution is 0.128. The van der Waals surface area contributed by atoms with Crippen LogP contribution in [-0.4, -0.2) is 47.9 Å². The third kappa shape index (κ3) is 7.33. The Morgan fingerprint density at radius 2 is 1.24 bits per heavy atom. The van der Waals surface area contributed by atoms with E-state index in [2.05, 4.69) is 88.9 Å². The van der Waals surface area contributed by atoms with Crippen LogP contribution in [0.4, 0.5) is 0 Å². The van der Waals surface area contributed by atoms with Crippen molar-refractivity contribution in [3.63, 3.8) is 0 Å². The van der Waals surface area contributed by atoms with Gasteiger partial charge in [0, 0.05) is 14.7 Å². The van der Waals surface area contributed by atoms with E-state index in [4.69, 9.17) is 4.43 Å². The van der Waals surface area contributed by atoms with E-state index in [0.717, 1.165) is 0 Å². The fourth-order valence-corrected chi connectivity index (χ4v) is 15.2. The number of hydrogen-bond acceptors (Lipinski definition) is 4. The van der Waals surface area contributed by atoms with Crippen molar-refractivity contribution in [3.8, 4) is 0 Å². The quantitative estimate of drug-likeness (QED) is 0.277. The molecule has 4 nitrogen and oxygen atoms in total. The highest BCUT2D eigenvalue weighted by Gasteiger charge is 2.50. The summed E-state index contributed by atoms with van der Waals surface area (Å²) in [6, 6.07) is 30.1. The van der Waals surface area contributed by atoms with Crippen molar-refractivity contribution in [1.29, 1.82) is 0 Å². The zero-order valence-electron chi connectivity index (χ0n) is 23.7. The van der Waals surface area contributed by atoms with Gasteiger partial charge in [0.25, 0.3) is 8.32 Å². The van der Waals surface area contributed by atoms with Gasteiger partial charge in [0.2, 0.25) is 0 Å². The smallest absolute Gasteiger partial charge is 0.261 e. The number of benzene rings is 3. The minimum Gasteiger partial charge on any atom is -0.407 e. The second-order valence-corrected chi connectivity index (χ2v) is 24.5. The second kappa shape index (κ2) is 12.4. The zero-order chi connectivity index (χ0) is 28.0. The Balaban J connectivity index is 1.84. The number of sulfone groups is 1. The average molecular weight is 569 g/mol. The Labute approximate surface area is 232 Å². The molecule has 0 aliphatic rings. The second-order valence-electron chi connectivity index (χ2n) is 12.4. The normalized spacial score (nSPS) is 14.7. The first-order valence-electron chi connectivity index (χ1n) is 13.5. The van der Waals surface area contributed by atoms with Crippen LogP contribution in [0.25, 0.3) is 0 Å². The standard InChI is InChI=1S/C31H44O4SSi2/c1-31(2,3)38(29-18-12-8-13-19-29,30-20-14-9-15-21-30)35-23-22-26(32)24-28(25-37(4,5)6)36(33,34)27-16-10-7-11-17-27/h7-21,26,28,32H,22-25H2,1-6H3/t26-,28-/m0/s1. The summed E-state index contributed by atoms with van der Waals surface area (Å²) in [5.74, 6) is 0. The molecule has 3 aromatic rings. The van der Waals surface area contributed by atoms with E-state index in [9.17, 15) is 13.5 Å². The van der Waals surface area contributed by atoms with E-state index >= 15 is 0 Å². The molecule has 206 valence electrons. The van der Waals surface area contributed by atoms with Crippen molar-refractivity contribution in [2.75, 3.05) is 6.61 Å². The van der Waals surface area contributed by atoms with E-state index in [1.54, 1.807) is 24.3 Å². The molecule has 0 heterocycles. The van der Waals surface area contributed by atoms with Crippen LogP contribution in [0.2, 0.25) is 30.7 Å². The summed E-state index contributed by atoms with van der Waals surface area (Å²) in [7, 11) is -7.97. The van der Waals surface area contributed by atoms with Crippen molar-refractivity contribution >= 4 is 36.6 Å². The zero-order valence-corrected chi connectivity index (χ0v) is 26.5. The molecule has 0 saturated heterocycles. The third-order valence-electron chi connectivity index (χ3n) is 7.07. The Morgan fingerprint density at radius 3 is 1.66 bits per heavy atom. The van der Waals surface area contributed by atoms with Gasteiger partial charge in [-0.25, -0.2) is 8.42 Å². The highest BCUT2D eigenvalue weighted by atomic mass is 32.2. The van der Waals surface area contributed by atoms with E-state index in [0.29, 0.717) is 24.0 Å². The molecule has 2 atom stereocenters. The minimum absolute atomic E-state index is 0.155. The Hall–Kier alpha value is -2.04. The molecule has 1 N–H and O–H groups in total. The van der Waals surface area contributed by atoms with Crippen molar-refractivity contribution in [3.05, 3.63) is 91.0 Å². The van der Waals surface area contributed by atoms with Crippen LogP contribution < -0.4 is 10.4 Å². The van der Waals surface area contributed by atoms with Crippen LogP contribution in [-0.2, 0) is 14.3 Å². The molecular formula is C31H44O4SSi2. The maximum absolute atomic E-state index is 13.6. The molecular weight excluding hydrogens is 525 g/mol. The molecule has 0 aromatic heterocycles. The molecule has 0 amide bonds. The molecule has 7 heteroatoms. The highest BCUT2D eigenvalue weighted by molar-refractivity contribution is 7.92. The van der Waals surface area contributed by atoms with Crippen LogP contribution in [0.5, 0.6) is 0 Å². The first kappa shape index (κ1) is 30.5. The Morgan fingerprint density at radius 1 is 0.789 bits per heavy atom. The van der Waals surface area contributed by atoms with Crippen LogP contribution in [0.1, 0.15) is 33.6 Å². The molecule has 0 aliphatic carbocycles. The van der Waals surface area contributed by atoms with Crippen molar-refractivity contribution < 1.29 is 18.0 Å². The Bertz CT molecular complexity index is 1200. The predicted octanol–water partition coefficient (Wildman–Crippen LogP) is 5.88. The molecule has 0 radical (unpaired) electrons. The number of rotatable bonds is 12. The fraction of sp³-hybridized carbons (Fsp3) is 0.419. The molecule has 38 heavy (non-hydrogen) atoms. The summed E-state index contributed by atoms with van der Waals surface area (Å²) in [6.45, 7) is 13.6. The van der Waals surface area contributed by atoms with Gasteiger partial charge in [-0.2, -0.15) is 0 Å². The summed E-state index contributed by atoms with van der Waals surface area (Å²) in [6.07, 6.45) is -0.171. The average Bonchev–Trinajstić information content (AvgIpc) is 2.86. The molecule has 0 unspecified atom stereocenters.